The Balaban J connectivity index is 1.34. The molecule has 2 aromatic carbocycles. The number of piperidine rings is 1. The van der Waals surface area contributed by atoms with Crippen molar-refractivity contribution in [3.8, 4) is 17.2 Å². The van der Waals surface area contributed by atoms with Crippen LogP contribution in [-0.4, -0.2) is 57.3 Å². The maximum Gasteiger partial charge on any atom is 0.415 e. The Bertz CT molecular complexity index is 1400. The van der Waals surface area contributed by atoms with Crippen LogP contribution in [0.15, 0.2) is 70.5 Å². The van der Waals surface area contributed by atoms with Crippen molar-refractivity contribution >= 4 is 29.2 Å². The number of nitrogens with zero attached hydrogens (tertiary/aromatic N) is 2. The van der Waals surface area contributed by atoms with Crippen LogP contribution in [0.25, 0.3) is 5.69 Å². The number of likely N-dealkylation sites (tertiary alicyclic amines) is 1. The highest BCUT2D eigenvalue weighted by molar-refractivity contribution is 7.90. The topological polar surface area (TPSA) is 94.9 Å². The molecule has 1 aromatic heterocycles. The summed E-state index contributed by atoms with van der Waals surface area (Å²) < 4.78 is 49.5. The SMILES string of the molecule is [B]c1ccc(OC(=O)N2CCC(Oc3ccn(-c4ccc(S(C)(=O)=O)cc4)c(=O)c3)CC2)c(F)c1. The minimum absolute atomic E-state index is 0.170. The summed E-state index contributed by atoms with van der Waals surface area (Å²) >= 11 is 0. The first kappa shape index (κ1) is 24.5. The summed E-state index contributed by atoms with van der Waals surface area (Å²) in [6, 6.07) is 12.9. The van der Waals surface area contributed by atoms with Crippen LogP contribution >= 0.6 is 0 Å². The predicted molar refractivity (Wildman–Crippen MR) is 128 cm³/mol. The number of amides is 1. The van der Waals surface area contributed by atoms with Crippen LogP contribution in [0.2, 0.25) is 0 Å². The van der Waals surface area contributed by atoms with Gasteiger partial charge in [0.05, 0.1) is 4.90 Å². The van der Waals surface area contributed by atoms with Crippen molar-refractivity contribution in [3.05, 3.63) is 77.0 Å². The molecular weight excluding hydrogens is 474 g/mol. The third kappa shape index (κ3) is 5.91. The van der Waals surface area contributed by atoms with Crippen LogP contribution in [0.1, 0.15) is 12.8 Å². The lowest BCUT2D eigenvalue weighted by atomic mass is 9.96. The van der Waals surface area contributed by atoms with Gasteiger partial charge in [-0.05, 0) is 42.5 Å². The molecule has 4 rings (SSSR count). The zero-order valence-corrected chi connectivity index (χ0v) is 19.7. The number of benzene rings is 2. The fraction of sp³-hybridized carbons (Fsp3) is 0.250. The van der Waals surface area contributed by atoms with Gasteiger partial charge in [-0.1, -0.05) is 11.5 Å². The van der Waals surface area contributed by atoms with Gasteiger partial charge in [0.15, 0.2) is 21.4 Å². The lowest BCUT2D eigenvalue weighted by Gasteiger charge is -2.31. The molecule has 3 aromatic rings. The Labute approximate surface area is 203 Å². The Hall–Kier alpha value is -3.60. The monoisotopic (exact) mass is 496 g/mol. The number of carbonyl (C=O) groups excluding carboxylic acids is 1. The van der Waals surface area contributed by atoms with E-state index < -0.39 is 21.7 Å². The number of sulfone groups is 1. The minimum Gasteiger partial charge on any atom is -0.490 e. The third-order valence-corrected chi connectivity index (χ3v) is 6.72. The number of carbonyl (C=O) groups is 1. The van der Waals surface area contributed by atoms with E-state index in [-0.39, 0.29) is 27.8 Å². The van der Waals surface area contributed by atoms with Crippen LogP contribution in [0, 0.1) is 5.82 Å². The average molecular weight is 496 g/mol. The molecule has 0 N–H and O–H groups in total. The molecule has 1 fully saturated rings. The summed E-state index contributed by atoms with van der Waals surface area (Å²) in [6.07, 6.45) is 2.83. The number of hydrogen-bond donors (Lipinski definition) is 0. The molecule has 0 atom stereocenters. The van der Waals surface area contributed by atoms with Crippen LogP contribution in [0.5, 0.6) is 11.5 Å². The van der Waals surface area contributed by atoms with Crippen molar-refractivity contribution in [2.24, 2.45) is 0 Å². The molecule has 0 spiro atoms. The summed E-state index contributed by atoms with van der Waals surface area (Å²) in [4.78, 5) is 26.6. The maximum atomic E-state index is 13.9. The highest BCUT2D eigenvalue weighted by Crippen LogP contribution is 2.21. The Morgan fingerprint density at radius 3 is 2.34 bits per heavy atom. The Kier molecular flexibility index (Phi) is 6.97. The average Bonchev–Trinajstić information content (AvgIpc) is 2.81. The van der Waals surface area contributed by atoms with Gasteiger partial charge in [0, 0.05) is 50.1 Å². The zero-order valence-electron chi connectivity index (χ0n) is 18.9. The van der Waals surface area contributed by atoms with Gasteiger partial charge in [0.25, 0.3) is 5.56 Å². The van der Waals surface area contributed by atoms with Crippen molar-refractivity contribution in [1.82, 2.24) is 9.47 Å². The largest absolute Gasteiger partial charge is 0.490 e. The molecule has 35 heavy (non-hydrogen) atoms. The molecule has 1 aliphatic rings. The van der Waals surface area contributed by atoms with Gasteiger partial charge in [-0.15, -0.1) is 0 Å². The first-order chi connectivity index (χ1) is 16.6. The number of ether oxygens (including phenoxy) is 2. The normalized spacial score (nSPS) is 14.5. The Morgan fingerprint density at radius 1 is 1.06 bits per heavy atom. The molecule has 2 heterocycles. The summed E-state index contributed by atoms with van der Waals surface area (Å²) in [5, 5.41) is 0. The molecule has 11 heteroatoms. The van der Waals surface area contributed by atoms with Crippen LogP contribution < -0.4 is 20.5 Å². The molecule has 0 unspecified atom stereocenters. The number of aromatic nitrogens is 1. The number of hydrogen-bond acceptors (Lipinski definition) is 6. The van der Waals surface area contributed by atoms with Gasteiger partial charge in [-0.25, -0.2) is 17.6 Å². The predicted octanol–water partition coefficient (Wildman–Crippen LogP) is 2.22. The van der Waals surface area contributed by atoms with E-state index in [1.54, 1.807) is 24.4 Å². The highest BCUT2D eigenvalue weighted by Gasteiger charge is 2.26. The quantitative estimate of drug-likeness (QED) is 0.503. The van der Waals surface area contributed by atoms with E-state index in [2.05, 4.69) is 0 Å². The fourth-order valence-electron chi connectivity index (χ4n) is 3.71. The molecular formula is C24H22BFN2O6S. The van der Waals surface area contributed by atoms with Crippen LogP contribution in [0.3, 0.4) is 0 Å². The van der Waals surface area contributed by atoms with E-state index in [0.717, 1.165) is 12.3 Å². The molecule has 1 aliphatic heterocycles. The third-order valence-electron chi connectivity index (χ3n) is 5.59. The van der Waals surface area contributed by atoms with Gasteiger partial charge in [-0.2, -0.15) is 0 Å². The van der Waals surface area contributed by atoms with E-state index in [0.29, 0.717) is 37.4 Å². The molecule has 0 saturated carbocycles. The van der Waals surface area contributed by atoms with Crippen LogP contribution in [0.4, 0.5) is 9.18 Å². The smallest absolute Gasteiger partial charge is 0.415 e. The lowest BCUT2D eigenvalue weighted by molar-refractivity contribution is 0.0922. The maximum absolute atomic E-state index is 13.9. The summed E-state index contributed by atoms with van der Waals surface area (Å²) in [5.74, 6) is -0.504. The van der Waals surface area contributed by atoms with Gasteiger partial charge < -0.3 is 14.4 Å². The first-order valence-electron chi connectivity index (χ1n) is 10.8. The van der Waals surface area contributed by atoms with E-state index in [9.17, 15) is 22.4 Å². The second-order valence-electron chi connectivity index (χ2n) is 8.20. The van der Waals surface area contributed by atoms with E-state index >= 15 is 0 Å². The van der Waals surface area contributed by atoms with Gasteiger partial charge in [-0.3, -0.25) is 9.36 Å². The molecule has 0 aliphatic carbocycles. The van der Waals surface area contributed by atoms with Crippen molar-refractivity contribution in [2.75, 3.05) is 19.3 Å². The fourth-order valence-corrected chi connectivity index (χ4v) is 4.34. The first-order valence-corrected chi connectivity index (χ1v) is 12.7. The number of rotatable bonds is 5. The molecule has 1 amide bonds. The summed E-state index contributed by atoms with van der Waals surface area (Å²) in [5.41, 5.74) is 0.428. The standard InChI is InChI=1S/C24H22BFN2O6S/c1-35(31,32)20-5-3-17(4-6-20)28-13-10-19(15-23(28)29)33-18-8-11-27(12-9-18)24(30)34-22-7-2-16(25)14-21(22)26/h2-7,10,13-15,18H,8-9,11-12H2,1H3. The van der Waals surface area contributed by atoms with Crippen LogP contribution in [-0.2, 0) is 9.84 Å². The number of halogens is 1. The van der Waals surface area contributed by atoms with E-state index in [4.69, 9.17) is 17.3 Å². The molecule has 8 nitrogen and oxygen atoms in total. The molecule has 0 bridgehead atoms. The Morgan fingerprint density at radius 2 is 1.74 bits per heavy atom. The van der Waals surface area contributed by atoms with E-state index in [1.807, 2.05) is 0 Å². The molecule has 180 valence electrons. The molecule has 1 saturated heterocycles. The second kappa shape index (κ2) is 9.95. The molecule has 2 radical (unpaired) electrons. The van der Waals surface area contributed by atoms with Gasteiger partial charge in [0.2, 0.25) is 0 Å². The summed E-state index contributed by atoms with van der Waals surface area (Å²) in [7, 11) is 2.18. The van der Waals surface area contributed by atoms with Crippen molar-refractivity contribution < 1.29 is 27.1 Å². The zero-order chi connectivity index (χ0) is 25.2. The van der Waals surface area contributed by atoms with Gasteiger partial charge >= 0.3 is 6.09 Å². The van der Waals surface area contributed by atoms with Crippen molar-refractivity contribution in [2.45, 2.75) is 23.8 Å². The number of pyridine rings is 1. The lowest BCUT2D eigenvalue weighted by Crippen LogP contribution is -2.43. The second-order valence-corrected chi connectivity index (χ2v) is 10.2. The van der Waals surface area contributed by atoms with Gasteiger partial charge in [0.1, 0.15) is 19.7 Å². The van der Waals surface area contributed by atoms with Crippen molar-refractivity contribution in [1.29, 1.82) is 0 Å². The minimum atomic E-state index is -3.32. The highest BCUT2D eigenvalue weighted by atomic mass is 32.2. The van der Waals surface area contributed by atoms with Crippen molar-refractivity contribution in [3.63, 3.8) is 0 Å². The summed E-state index contributed by atoms with van der Waals surface area (Å²) in [6.45, 7) is 0.702. The van der Waals surface area contributed by atoms with E-state index in [1.165, 1.54) is 39.8 Å².